The van der Waals surface area contributed by atoms with Gasteiger partial charge in [0.25, 0.3) is 0 Å². The lowest BCUT2D eigenvalue weighted by atomic mass is 10.2. The molecule has 0 radical (unpaired) electrons. The van der Waals surface area contributed by atoms with Crippen LogP contribution in [0.15, 0.2) is 17.3 Å². The molecule has 1 saturated carbocycles. The zero-order chi connectivity index (χ0) is 11.4. The number of hydrogen-bond acceptors (Lipinski definition) is 4. The summed E-state index contributed by atoms with van der Waals surface area (Å²) in [6.07, 6.45) is 4.57. The van der Waals surface area contributed by atoms with Gasteiger partial charge in [-0.1, -0.05) is 6.07 Å². The lowest BCUT2D eigenvalue weighted by Crippen LogP contribution is -2.15. The quantitative estimate of drug-likeness (QED) is 0.741. The molecule has 1 aliphatic rings. The van der Waals surface area contributed by atoms with Gasteiger partial charge in [0.1, 0.15) is 0 Å². The Labute approximate surface area is 101 Å². The molecule has 1 aliphatic carbocycles. The van der Waals surface area contributed by atoms with E-state index in [-0.39, 0.29) is 6.61 Å². The highest BCUT2D eigenvalue weighted by atomic mass is 32.2. The second kappa shape index (κ2) is 5.66. The number of rotatable bonds is 6. The summed E-state index contributed by atoms with van der Waals surface area (Å²) >= 11 is 1.61. The second-order valence-electron chi connectivity index (χ2n) is 4.19. The molecule has 0 aromatic carbocycles. The topological polar surface area (TPSA) is 45.2 Å². The summed E-state index contributed by atoms with van der Waals surface area (Å²) in [5.74, 6) is 0.716. The average molecular weight is 238 g/mol. The van der Waals surface area contributed by atoms with Crippen LogP contribution in [0.2, 0.25) is 0 Å². The molecule has 1 heterocycles. The molecule has 0 amide bonds. The van der Waals surface area contributed by atoms with Gasteiger partial charge in [0.15, 0.2) is 0 Å². The van der Waals surface area contributed by atoms with Crippen LogP contribution in [0.1, 0.15) is 24.0 Å². The monoisotopic (exact) mass is 238 g/mol. The Kier molecular flexibility index (Phi) is 4.21. The molecular formula is C12H18N2OS. The van der Waals surface area contributed by atoms with Gasteiger partial charge in [-0.15, -0.1) is 11.8 Å². The number of hydrogen-bond donors (Lipinski definition) is 2. The fourth-order valence-corrected chi connectivity index (χ4v) is 2.26. The molecule has 1 aromatic heterocycles. The second-order valence-corrected chi connectivity index (χ2v) is 5.28. The smallest absolute Gasteiger partial charge is 0.0990 e. The van der Waals surface area contributed by atoms with Crippen LogP contribution in [0.3, 0.4) is 0 Å². The summed E-state index contributed by atoms with van der Waals surface area (Å²) in [4.78, 5) is 4.43. The highest BCUT2D eigenvalue weighted by molar-refractivity contribution is 7.99. The largest absolute Gasteiger partial charge is 0.396 e. The molecule has 0 bridgehead atoms. The third-order valence-corrected chi connectivity index (χ3v) is 3.68. The van der Waals surface area contributed by atoms with Gasteiger partial charge in [-0.2, -0.15) is 0 Å². The van der Waals surface area contributed by atoms with E-state index in [1.165, 1.54) is 24.0 Å². The maximum absolute atomic E-state index is 8.77. The average Bonchev–Trinajstić information content (AvgIpc) is 3.09. The lowest BCUT2D eigenvalue weighted by molar-refractivity contribution is 0.322. The van der Waals surface area contributed by atoms with Crippen molar-refractivity contribution in [2.75, 3.05) is 12.4 Å². The zero-order valence-electron chi connectivity index (χ0n) is 9.57. The van der Waals surface area contributed by atoms with Crippen molar-refractivity contribution in [3.63, 3.8) is 0 Å². The minimum Gasteiger partial charge on any atom is -0.396 e. The molecule has 0 aliphatic heterocycles. The van der Waals surface area contributed by atoms with Gasteiger partial charge >= 0.3 is 0 Å². The molecule has 3 nitrogen and oxygen atoms in total. The standard InChI is InChI=1S/C12H18N2OS/c1-9-6-10(7-13-11-2-3-11)8-14-12(9)16-5-4-15/h6,8,11,13,15H,2-5,7H2,1H3. The summed E-state index contributed by atoms with van der Waals surface area (Å²) in [5.41, 5.74) is 2.45. The van der Waals surface area contributed by atoms with Gasteiger partial charge in [-0.3, -0.25) is 0 Å². The van der Waals surface area contributed by atoms with Crippen LogP contribution >= 0.6 is 11.8 Å². The molecule has 4 heteroatoms. The first-order valence-electron chi connectivity index (χ1n) is 5.72. The van der Waals surface area contributed by atoms with Crippen molar-refractivity contribution in [2.24, 2.45) is 0 Å². The first kappa shape index (κ1) is 11.9. The lowest BCUT2D eigenvalue weighted by Gasteiger charge is -2.07. The summed E-state index contributed by atoms with van der Waals surface area (Å²) in [6, 6.07) is 2.92. The first-order valence-corrected chi connectivity index (χ1v) is 6.70. The molecule has 1 fully saturated rings. The molecule has 0 saturated heterocycles. The number of pyridine rings is 1. The number of aryl methyl sites for hydroxylation is 1. The van der Waals surface area contributed by atoms with E-state index in [0.717, 1.165) is 17.6 Å². The van der Waals surface area contributed by atoms with E-state index in [1.807, 2.05) is 6.20 Å². The number of aliphatic hydroxyl groups is 1. The molecule has 0 unspecified atom stereocenters. The fourth-order valence-electron chi connectivity index (χ4n) is 1.56. The summed E-state index contributed by atoms with van der Waals surface area (Å²) in [7, 11) is 0. The van der Waals surface area contributed by atoms with E-state index in [2.05, 4.69) is 23.3 Å². The van der Waals surface area contributed by atoms with Gasteiger partial charge in [0, 0.05) is 24.5 Å². The minimum absolute atomic E-state index is 0.205. The SMILES string of the molecule is Cc1cc(CNC2CC2)cnc1SCCO. The fraction of sp³-hybridized carbons (Fsp3) is 0.583. The predicted octanol–water partition coefficient (Wildman–Crippen LogP) is 1.73. The Morgan fingerprint density at radius 3 is 3.00 bits per heavy atom. The van der Waals surface area contributed by atoms with Crippen molar-refractivity contribution < 1.29 is 5.11 Å². The zero-order valence-corrected chi connectivity index (χ0v) is 10.4. The third kappa shape index (κ3) is 3.47. The normalized spacial score (nSPS) is 15.4. The molecule has 88 valence electrons. The summed E-state index contributed by atoms with van der Waals surface area (Å²) < 4.78 is 0. The van der Waals surface area contributed by atoms with Gasteiger partial charge in [-0.05, 0) is 30.9 Å². The third-order valence-electron chi connectivity index (χ3n) is 2.59. The molecule has 2 N–H and O–H groups in total. The van der Waals surface area contributed by atoms with E-state index in [4.69, 9.17) is 5.11 Å². The number of aromatic nitrogens is 1. The van der Waals surface area contributed by atoms with Crippen LogP contribution in [0, 0.1) is 6.92 Å². The maximum Gasteiger partial charge on any atom is 0.0990 e. The van der Waals surface area contributed by atoms with Crippen molar-refractivity contribution in [3.8, 4) is 0 Å². The van der Waals surface area contributed by atoms with Crippen LogP contribution < -0.4 is 5.32 Å². The highest BCUT2D eigenvalue weighted by Gasteiger charge is 2.19. The van der Waals surface area contributed by atoms with Crippen molar-refractivity contribution >= 4 is 11.8 Å². The minimum atomic E-state index is 0.205. The van der Waals surface area contributed by atoms with E-state index in [1.54, 1.807) is 11.8 Å². The van der Waals surface area contributed by atoms with Crippen LogP contribution in [-0.2, 0) is 6.54 Å². The summed E-state index contributed by atoms with van der Waals surface area (Å²) in [6.45, 7) is 3.20. The Morgan fingerprint density at radius 2 is 2.38 bits per heavy atom. The van der Waals surface area contributed by atoms with Crippen LogP contribution in [0.25, 0.3) is 0 Å². The van der Waals surface area contributed by atoms with Gasteiger partial charge in [0.2, 0.25) is 0 Å². The maximum atomic E-state index is 8.77. The number of nitrogens with one attached hydrogen (secondary N) is 1. The van der Waals surface area contributed by atoms with Crippen molar-refractivity contribution in [1.29, 1.82) is 0 Å². The molecule has 2 rings (SSSR count). The molecular weight excluding hydrogens is 220 g/mol. The number of aliphatic hydroxyl groups excluding tert-OH is 1. The first-order chi connectivity index (χ1) is 7.79. The van der Waals surface area contributed by atoms with Gasteiger partial charge in [0.05, 0.1) is 11.6 Å². The van der Waals surface area contributed by atoms with Gasteiger partial charge in [-0.25, -0.2) is 4.98 Å². The molecule has 0 atom stereocenters. The highest BCUT2D eigenvalue weighted by Crippen LogP contribution is 2.22. The van der Waals surface area contributed by atoms with Crippen LogP contribution in [0.5, 0.6) is 0 Å². The van der Waals surface area contributed by atoms with Gasteiger partial charge < -0.3 is 10.4 Å². The number of thioether (sulfide) groups is 1. The Hall–Kier alpha value is -0.580. The molecule has 1 aromatic rings. The van der Waals surface area contributed by atoms with E-state index in [0.29, 0.717) is 5.75 Å². The predicted molar refractivity (Wildman–Crippen MR) is 66.6 cm³/mol. The number of nitrogens with zero attached hydrogens (tertiary/aromatic N) is 1. The summed E-state index contributed by atoms with van der Waals surface area (Å²) in [5, 5.41) is 13.3. The van der Waals surface area contributed by atoms with Crippen molar-refractivity contribution in [2.45, 2.75) is 37.4 Å². The van der Waals surface area contributed by atoms with E-state index < -0.39 is 0 Å². The molecule has 16 heavy (non-hydrogen) atoms. The van der Waals surface area contributed by atoms with E-state index >= 15 is 0 Å². The van der Waals surface area contributed by atoms with Crippen LogP contribution in [0.4, 0.5) is 0 Å². The Balaban J connectivity index is 1.91. The Bertz CT molecular complexity index is 353. The van der Waals surface area contributed by atoms with Crippen molar-refractivity contribution in [3.05, 3.63) is 23.4 Å². The van der Waals surface area contributed by atoms with E-state index in [9.17, 15) is 0 Å². The van der Waals surface area contributed by atoms with Crippen molar-refractivity contribution in [1.82, 2.24) is 10.3 Å². The van der Waals surface area contributed by atoms with Crippen LogP contribution in [-0.4, -0.2) is 28.5 Å². The molecule has 0 spiro atoms. The Morgan fingerprint density at radius 1 is 1.56 bits per heavy atom.